The Balaban J connectivity index is 0.00000122. The molecule has 1 aromatic heterocycles. The Labute approximate surface area is 337 Å². The van der Waals surface area contributed by atoms with Crippen molar-refractivity contribution in [1.29, 1.82) is 0 Å². The van der Waals surface area contributed by atoms with Crippen LogP contribution in [0.15, 0.2) is 72.9 Å². The van der Waals surface area contributed by atoms with E-state index < -0.39 is 59.7 Å². The van der Waals surface area contributed by atoms with Crippen molar-refractivity contribution in [2.24, 2.45) is 11.1 Å². The molecule has 1 aliphatic rings. The predicted octanol–water partition coefficient (Wildman–Crippen LogP) is 4.91. The first-order chi connectivity index (χ1) is 27.6. The number of unbranched alkanes of at least 4 members (excludes halogenated alkanes) is 2. The maximum Gasteiger partial charge on any atom is 0.490 e. The van der Waals surface area contributed by atoms with Gasteiger partial charge >= 0.3 is 12.1 Å². The Morgan fingerprint density at radius 1 is 0.915 bits per heavy atom. The summed E-state index contributed by atoms with van der Waals surface area (Å²) >= 11 is 0. The van der Waals surface area contributed by atoms with Crippen molar-refractivity contribution in [1.82, 2.24) is 19.7 Å². The van der Waals surface area contributed by atoms with Crippen molar-refractivity contribution in [3.8, 4) is 11.1 Å². The lowest BCUT2D eigenvalue weighted by Crippen LogP contribution is -2.48. The topological polar surface area (TPSA) is 192 Å². The monoisotopic (exact) mass is 833 g/mol. The summed E-state index contributed by atoms with van der Waals surface area (Å²) in [5.74, 6) is -6.05. The third-order valence-electron chi connectivity index (χ3n) is 9.19. The van der Waals surface area contributed by atoms with Crippen LogP contribution < -0.4 is 11.1 Å². The highest BCUT2D eigenvalue weighted by molar-refractivity contribution is 6.12. The lowest BCUT2D eigenvalue weighted by Gasteiger charge is -2.41. The molecule has 2 heterocycles. The number of benzene rings is 2. The number of rotatable bonds is 18. The molecular formula is C41H48F5N5O8. The van der Waals surface area contributed by atoms with Crippen LogP contribution in [-0.2, 0) is 35.3 Å². The Kier molecular flexibility index (Phi) is 17.2. The largest absolute Gasteiger partial charge is 0.490 e. The van der Waals surface area contributed by atoms with Gasteiger partial charge in [0.15, 0.2) is 5.78 Å². The van der Waals surface area contributed by atoms with Gasteiger partial charge in [0.25, 0.3) is 11.8 Å². The standard InChI is InChI=1S/C39H47F2N5O6.C2HF3O2/c1-39(2,3)37(33-20-27(30-21-28(40)13-14-31(30)41)24-44(33)23-26-10-6-4-7-11-26)46(36(51)25-47)19-17-32(42)38(52)43-22-29(48)12-8-5-9-18-45-34(49)15-16-35(45)50;3-2(4,5)1(6)7/h4,6-7,10-11,13-16,20-21,24,32,37,47H,5,8-9,12,17-19,22-23,25,42H2,1-3H3,(H,43,52);(H,6,7)/t32-,37-;/m0./s1. The van der Waals surface area contributed by atoms with E-state index in [9.17, 15) is 51.0 Å². The summed E-state index contributed by atoms with van der Waals surface area (Å²) in [4.78, 5) is 73.5. The summed E-state index contributed by atoms with van der Waals surface area (Å²) in [6.07, 6.45) is 0.988. The molecule has 0 spiro atoms. The number of amides is 4. The van der Waals surface area contributed by atoms with Crippen molar-refractivity contribution < 1.29 is 60.9 Å². The fourth-order valence-corrected chi connectivity index (χ4v) is 6.34. The number of halogens is 5. The second-order valence-corrected chi connectivity index (χ2v) is 14.8. The van der Waals surface area contributed by atoms with Gasteiger partial charge in [-0.1, -0.05) is 57.5 Å². The van der Waals surface area contributed by atoms with Crippen molar-refractivity contribution in [2.75, 3.05) is 26.2 Å². The molecule has 0 saturated carbocycles. The zero-order valence-electron chi connectivity index (χ0n) is 32.8. The zero-order chi connectivity index (χ0) is 44.1. The van der Waals surface area contributed by atoms with Gasteiger partial charge in [-0.05, 0) is 54.5 Å². The van der Waals surface area contributed by atoms with Crippen molar-refractivity contribution in [3.63, 3.8) is 0 Å². The van der Waals surface area contributed by atoms with E-state index in [0.717, 1.165) is 28.7 Å². The molecule has 0 saturated heterocycles. The SMILES string of the molecule is CC(C)(C)[C@H](c1cc(-c2cc(F)ccc2F)cn1Cc1ccccc1)N(CC[C@H](N)C(=O)NCC(=O)CCCCCN1C(=O)C=CC1=O)C(=O)CO.O=C(O)C(F)(F)F. The Morgan fingerprint density at radius 2 is 1.54 bits per heavy atom. The van der Waals surface area contributed by atoms with E-state index in [1.807, 2.05) is 55.7 Å². The van der Waals surface area contributed by atoms with Gasteiger partial charge in [-0.25, -0.2) is 13.6 Å². The molecule has 18 heteroatoms. The summed E-state index contributed by atoms with van der Waals surface area (Å²) < 4.78 is 62.9. The van der Waals surface area contributed by atoms with Crippen molar-refractivity contribution in [3.05, 3.63) is 95.8 Å². The van der Waals surface area contributed by atoms with E-state index in [2.05, 4.69) is 5.32 Å². The highest BCUT2D eigenvalue weighted by atomic mass is 19.4. The van der Waals surface area contributed by atoms with Gasteiger partial charge in [-0.15, -0.1) is 0 Å². The van der Waals surface area contributed by atoms with E-state index in [-0.39, 0.29) is 55.6 Å². The first kappa shape index (κ1) is 47.6. The molecule has 5 N–H and O–H groups in total. The van der Waals surface area contributed by atoms with E-state index in [0.29, 0.717) is 37.1 Å². The van der Waals surface area contributed by atoms with E-state index in [1.54, 1.807) is 12.3 Å². The van der Waals surface area contributed by atoms with Crippen molar-refractivity contribution >= 4 is 35.4 Å². The summed E-state index contributed by atoms with van der Waals surface area (Å²) in [5, 5.41) is 19.7. The minimum absolute atomic E-state index is 0.00587. The quantitative estimate of drug-likeness (QED) is 0.0784. The second-order valence-electron chi connectivity index (χ2n) is 14.8. The summed E-state index contributed by atoms with van der Waals surface area (Å²) in [5.41, 5.74) is 7.59. The molecule has 320 valence electrons. The van der Waals surface area contributed by atoms with Crippen LogP contribution in [0.4, 0.5) is 22.0 Å². The van der Waals surface area contributed by atoms with E-state index >= 15 is 0 Å². The maximum absolute atomic E-state index is 15.0. The van der Waals surface area contributed by atoms with Crippen LogP contribution >= 0.6 is 0 Å². The smallest absolute Gasteiger partial charge is 0.475 e. The van der Waals surface area contributed by atoms with Crippen LogP contribution in [0.5, 0.6) is 0 Å². The number of aliphatic hydroxyl groups excluding tert-OH is 1. The number of imide groups is 1. The number of nitrogens with one attached hydrogen (secondary N) is 1. The molecule has 0 radical (unpaired) electrons. The van der Waals surface area contributed by atoms with Crippen LogP contribution in [0, 0.1) is 17.0 Å². The summed E-state index contributed by atoms with van der Waals surface area (Å²) in [7, 11) is 0. The van der Waals surface area contributed by atoms with Gasteiger partial charge in [0.2, 0.25) is 11.8 Å². The lowest BCUT2D eigenvalue weighted by molar-refractivity contribution is -0.192. The molecule has 0 aliphatic carbocycles. The zero-order valence-corrected chi connectivity index (χ0v) is 32.8. The van der Waals surface area contributed by atoms with Gasteiger partial charge in [-0.2, -0.15) is 13.2 Å². The minimum Gasteiger partial charge on any atom is -0.475 e. The van der Waals surface area contributed by atoms with E-state index in [4.69, 9.17) is 15.6 Å². The number of alkyl halides is 3. The molecule has 2 atom stereocenters. The number of hydrogen-bond acceptors (Lipinski definition) is 8. The number of nitrogens with two attached hydrogens (primary N) is 1. The number of carbonyl (C=O) groups is 6. The molecule has 0 unspecified atom stereocenters. The van der Waals surface area contributed by atoms with Crippen LogP contribution in [0.2, 0.25) is 0 Å². The Morgan fingerprint density at radius 3 is 2.12 bits per heavy atom. The lowest BCUT2D eigenvalue weighted by atomic mass is 9.82. The molecule has 1 aliphatic heterocycles. The van der Waals surface area contributed by atoms with E-state index in [1.165, 1.54) is 17.1 Å². The van der Waals surface area contributed by atoms with Crippen molar-refractivity contribution in [2.45, 2.75) is 77.7 Å². The molecule has 4 amide bonds. The number of carbonyl (C=O) groups excluding carboxylic acids is 5. The number of nitrogens with zero attached hydrogens (tertiary/aromatic N) is 3. The van der Waals surface area contributed by atoms with Gasteiger partial charge in [-0.3, -0.25) is 28.9 Å². The van der Waals surface area contributed by atoms with Gasteiger partial charge in [0.05, 0.1) is 18.6 Å². The molecule has 2 aromatic carbocycles. The number of aliphatic hydroxyl groups is 1. The molecule has 3 aromatic rings. The van der Waals surface area contributed by atoms with Gasteiger partial charge in [0.1, 0.15) is 18.2 Å². The third kappa shape index (κ3) is 14.2. The molecule has 13 nitrogen and oxygen atoms in total. The third-order valence-corrected chi connectivity index (χ3v) is 9.19. The fourth-order valence-electron chi connectivity index (χ4n) is 6.34. The Bertz CT molecular complexity index is 1980. The number of aliphatic carboxylic acids is 1. The maximum atomic E-state index is 15.0. The minimum atomic E-state index is -5.08. The number of carboxylic acids is 1. The number of carboxylic acid groups (broad SMARTS) is 1. The van der Waals surface area contributed by atoms with Crippen LogP contribution in [-0.4, -0.2) is 98.4 Å². The first-order valence-electron chi connectivity index (χ1n) is 18.6. The average Bonchev–Trinajstić information content (AvgIpc) is 3.72. The molecule has 59 heavy (non-hydrogen) atoms. The van der Waals surface area contributed by atoms with Gasteiger partial charge < -0.3 is 30.7 Å². The van der Waals surface area contributed by atoms with Crippen LogP contribution in [0.25, 0.3) is 11.1 Å². The number of aromatic nitrogens is 1. The summed E-state index contributed by atoms with van der Waals surface area (Å²) in [6.45, 7) is 5.32. The molecule has 0 bridgehead atoms. The second kappa shape index (κ2) is 21.3. The number of hydrogen-bond donors (Lipinski definition) is 4. The number of ketones is 1. The fraction of sp³-hybridized carbons (Fsp3) is 0.415. The molecular weight excluding hydrogens is 785 g/mol. The summed E-state index contributed by atoms with van der Waals surface area (Å²) in [6, 6.07) is 12.7. The average molecular weight is 834 g/mol. The first-order valence-corrected chi connectivity index (χ1v) is 18.6. The van der Waals surface area contributed by atoms with Crippen LogP contribution in [0.3, 0.4) is 0 Å². The normalized spacial score (nSPS) is 13.8. The molecule has 0 fully saturated rings. The van der Waals surface area contributed by atoms with Gasteiger partial charge in [0, 0.05) is 61.2 Å². The number of Topliss-reactive ketones (excluding diaryl/α,β-unsaturated/α-hetero) is 1. The highest BCUT2D eigenvalue weighted by Gasteiger charge is 2.39. The Hall–Kier alpha value is -5.75. The predicted molar refractivity (Wildman–Crippen MR) is 205 cm³/mol. The van der Waals surface area contributed by atoms with Crippen LogP contribution in [0.1, 0.15) is 70.2 Å². The molecule has 4 rings (SSSR count). The highest BCUT2D eigenvalue weighted by Crippen LogP contribution is 2.41.